The Balaban J connectivity index is -0.0000000225. The zero-order chi connectivity index (χ0) is 6.00. The zero-order valence-electron chi connectivity index (χ0n) is 2.67. The third kappa shape index (κ3) is 42.7. The second-order valence-electron chi connectivity index (χ2n) is 0. The van der Waals surface area contributed by atoms with Crippen LogP contribution >= 0.6 is 0 Å². The normalized spacial score (nSPS) is 1.50. The summed E-state index contributed by atoms with van der Waals surface area (Å²) in [5.74, 6) is 0. The third-order valence-corrected chi connectivity index (χ3v) is 0. The maximum atomic E-state index is 8.34. The third-order valence-electron chi connectivity index (χ3n) is 0. The molecule has 0 aliphatic rings. The molecule has 0 aromatic heterocycles. The van der Waals surface area contributed by atoms with Gasteiger partial charge in [-0.3, -0.25) is 0 Å². The van der Waals surface area contributed by atoms with Crippen molar-refractivity contribution in [1.29, 1.82) is 0 Å². The van der Waals surface area contributed by atoms with E-state index in [0.29, 0.717) is 45.8 Å². The predicted octanol–water partition coefficient (Wildman–Crippen LogP) is -0.364. The van der Waals surface area contributed by atoms with Crippen LogP contribution in [0.15, 0.2) is 0 Å². The van der Waals surface area contributed by atoms with Crippen LogP contribution in [0.1, 0.15) is 0 Å². The van der Waals surface area contributed by atoms with Crippen LogP contribution in [-0.2, 0) is 75.6 Å². The second-order valence-corrected chi connectivity index (χ2v) is 0. The van der Waals surface area contributed by atoms with Gasteiger partial charge in [-0.05, 0) is 0 Å². The Labute approximate surface area is 74.5 Å². The van der Waals surface area contributed by atoms with Crippen molar-refractivity contribution in [2.45, 2.75) is 0 Å². The molecule has 3 nitrogen and oxygen atoms in total. The van der Waals surface area contributed by atoms with Gasteiger partial charge in [0.25, 0.3) is 0 Å². The molecule has 0 fully saturated rings. The van der Waals surface area contributed by atoms with Crippen molar-refractivity contribution in [2.24, 2.45) is 0 Å². The molecule has 0 radical (unpaired) electrons. The molecule has 0 aliphatic heterocycles. The van der Waals surface area contributed by atoms with Gasteiger partial charge in [0, 0.05) is 0 Å². The Kier molecular flexibility index (Phi) is 192. The van der Waals surface area contributed by atoms with E-state index in [1.807, 2.05) is 0 Å². The maximum absolute atomic E-state index is 8.34. The SMILES string of the molecule is [O]=[Nb].[O]=[Ti].[O]=[Zr]. The minimum atomic E-state index is 0.300. The van der Waals surface area contributed by atoms with Crippen LogP contribution in [0, 0.1) is 0 Å². The quantitative estimate of drug-likeness (QED) is 0.569. The number of hydrogen-bond acceptors (Lipinski definition) is 3. The molecule has 0 amide bonds. The molecular formula is NbO3TiZr. The fourth-order valence-corrected chi connectivity index (χ4v) is 0. The van der Waals surface area contributed by atoms with Crippen LogP contribution in [0.3, 0.4) is 0 Å². The Morgan fingerprint density at radius 2 is 1.17 bits per heavy atom. The average molecular weight is 280 g/mol. The van der Waals surface area contributed by atoms with E-state index in [0.717, 1.165) is 20.4 Å². The first kappa shape index (κ1) is 15.6. The van der Waals surface area contributed by atoms with Gasteiger partial charge in [-0.15, -0.1) is 0 Å². The molecule has 0 spiro atoms. The fraction of sp³-hybridized carbons (Fsp3) is 0. The van der Waals surface area contributed by atoms with Crippen LogP contribution in [0.4, 0.5) is 0 Å². The van der Waals surface area contributed by atoms with Crippen molar-refractivity contribution in [3.63, 3.8) is 0 Å². The van der Waals surface area contributed by atoms with Crippen molar-refractivity contribution < 1.29 is 75.6 Å². The summed E-state index contributed by atoms with van der Waals surface area (Å²) < 4.78 is 24.9. The van der Waals surface area contributed by atoms with E-state index in [4.69, 9.17) is 9.39 Å². The van der Waals surface area contributed by atoms with E-state index < -0.39 is 0 Å². The van der Waals surface area contributed by atoms with E-state index >= 15 is 0 Å². The van der Waals surface area contributed by atoms with Gasteiger partial charge in [-0.2, -0.15) is 0 Å². The Bertz CT molecular complexity index is 15.5. The van der Waals surface area contributed by atoms with Gasteiger partial charge in [0.15, 0.2) is 0 Å². The standard InChI is InChI=1S/Nb.3O.Ti.Zr. The molecule has 0 saturated heterocycles. The van der Waals surface area contributed by atoms with E-state index in [1.165, 1.54) is 0 Å². The molecule has 0 rings (SSSR count). The van der Waals surface area contributed by atoms with Gasteiger partial charge in [0.2, 0.25) is 0 Å². The monoisotopic (exact) mass is 279 g/mol. The summed E-state index contributed by atoms with van der Waals surface area (Å²) in [7, 11) is 0. The molecule has 0 atom stereocenters. The summed E-state index contributed by atoms with van der Waals surface area (Å²) in [6.45, 7) is 0. The first-order valence-corrected chi connectivity index (χ1v) is 3.13. The molecule has 31 valence electrons. The van der Waals surface area contributed by atoms with Crippen LogP contribution in [0.2, 0.25) is 0 Å². The topological polar surface area (TPSA) is 51.2 Å². The Morgan fingerprint density at radius 3 is 1.17 bits per heavy atom. The van der Waals surface area contributed by atoms with E-state index in [1.54, 1.807) is 0 Å². The molecular weight excluding hydrogens is 280 g/mol. The summed E-state index contributed by atoms with van der Waals surface area (Å²) in [5, 5.41) is 0. The van der Waals surface area contributed by atoms with Crippen LogP contribution in [0.5, 0.6) is 0 Å². The van der Waals surface area contributed by atoms with Gasteiger partial charge in [-0.25, -0.2) is 0 Å². The fourth-order valence-electron chi connectivity index (χ4n) is 0. The van der Waals surface area contributed by atoms with Gasteiger partial charge < -0.3 is 0 Å². The van der Waals surface area contributed by atoms with Crippen molar-refractivity contribution in [1.82, 2.24) is 0 Å². The van der Waals surface area contributed by atoms with E-state index in [9.17, 15) is 0 Å². The predicted molar refractivity (Wildman–Crippen MR) is 2.06 cm³/mol. The van der Waals surface area contributed by atoms with Crippen molar-refractivity contribution >= 4 is 0 Å². The van der Waals surface area contributed by atoms with Gasteiger partial charge in [0.1, 0.15) is 0 Å². The van der Waals surface area contributed by atoms with Crippen LogP contribution in [-0.4, -0.2) is 0 Å². The molecule has 0 aromatic carbocycles. The van der Waals surface area contributed by atoms with E-state index in [2.05, 4.69) is 0 Å². The van der Waals surface area contributed by atoms with Gasteiger partial charge in [0.05, 0.1) is 0 Å². The molecule has 0 saturated carbocycles. The van der Waals surface area contributed by atoms with Gasteiger partial charge in [-0.1, -0.05) is 0 Å². The van der Waals surface area contributed by atoms with Crippen molar-refractivity contribution in [3.05, 3.63) is 0 Å². The first-order chi connectivity index (χ1) is 3.00. The molecule has 0 aromatic rings. The molecule has 0 unspecified atom stereocenters. The molecule has 6 heavy (non-hydrogen) atoms. The zero-order valence-corrected chi connectivity index (χ0v) is 8.89. The number of hydrogen-bond donors (Lipinski definition) is 0. The van der Waals surface area contributed by atoms with Gasteiger partial charge >= 0.3 is 75.6 Å². The van der Waals surface area contributed by atoms with Crippen LogP contribution in [0.25, 0.3) is 0 Å². The molecule has 6 heteroatoms. The van der Waals surface area contributed by atoms with Crippen LogP contribution < -0.4 is 0 Å². The molecule has 0 N–H and O–H groups in total. The summed E-state index contributed by atoms with van der Waals surface area (Å²) >= 11 is 1.55. The summed E-state index contributed by atoms with van der Waals surface area (Å²) in [6, 6.07) is 0. The minimum absolute atomic E-state index is 0.300. The Morgan fingerprint density at radius 1 is 1.17 bits per heavy atom. The second kappa shape index (κ2) is 73.5. The molecule has 0 bridgehead atoms. The van der Waals surface area contributed by atoms with E-state index in [-0.39, 0.29) is 0 Å². The molecule has 0 aliphatic carbocycles. The molecule has 0 heterocycles. The number of rotatable bonds is 0. The average Bonchev–Trinajstić information content (AvgIpc) is 1.81. The Hall–Kier alpha value is 1.74. The van der Waals surface area contributed by atoms with Crippen molar-refractivity contribution in [2.75, 3.05) is 0 Å². The van der Waals surface area contributed by atoms with Crippen molar-refractivity contribution in [3.8, 4) is 0 Å². The summed E-state index contributed by atoms with van der Waals surface area (Å²) in [5.41, 5.74) is 0. The first-order valence-electron chi connectivity index (χ1n) is 0.591. The summed E-state index contributed by atoms with van der Waals surface area (Å²) in [4.78, 5) is 0. The summed E-state index contributed by atoms with van der Waals surface area (Å²) in [6.07, 6.45) is 0.